The van der Waals surface area contributed by atoms with Crippen molar-refractivity contribution in [2.75, 3.05) is 13.2 Å². The van der Waals surface area contributed by atoms with Crippen LogP contribution in [-0.4, -0.2) is 30.3 Å². The highest BCUT2D eigenvalue weighted by atomic mass is 35.5. The van der Waals surface area contributed by atoms with Crippen molar-refractivity contribution in [1.82, 2.24) is 5.32 Å². The highest BCUT2D eigenvalue weighted by molar-refractivity contribution is 6.42. The summed E-state index contributed by atoms with van der Waals surface area (Å²) in [6, 6.07) is 5.81. The molecule has 1 spiro atoms. The Bertz CT molecular complexity index is 753. The standard InChI is InChI=1S/C21H27Cl2NO3/c1-20(2)12-10-14-18(13-4-3-5-15(22)17(13)23)27-9-7-21(14,11-12)19(20)24-16(26)6-8-25/h3-5,12,14,18-19,25H,6-11H2,1-2H3,(H,24,26)/t12-,14-,18-,19+,21?/m1/s1. The molecule has 1 amide bonds. The molecule has 5 atom stereocenters. The first kappa shape index (κ1) is 19.5. The van der Waals surface area contributed by atoms with Crippen molar-refractivity contribution in [1.29, 1.82) is 0 Å². The fourth-order valence-electron chi connectivity index (χ4n) is 6.17. The number of hydrogen-bond donors (Lipinski definition) is 2. The molecule has 148 valence electrons. The van der Waals surface area contributed by atoms with Gasteiger partial charge in [-0.2, -0.15) is 0 Å². The third-order valence-electron chi connectivity index (χ3n) is 7.44. The zero-order valence-corrected chi connectivity index (χ0v) is 17.3. The van der Waals surface area contributed by atoms with Crippen molar-refractivity contribution in [3.8, 4) is 0 Å². The second kappa shape index (κ2) is 6.91. The number of fused-ring (bicyclic) bond motifs is 1. The van der Waals surface area contributed by atoms with E-state index in [0.717, 1.165) is 24.8 Å². The van der Waals surface area contributed by atoms with Crippen LogP contribution in [0, 0.1) is 22.7 Å². The monoisotopic (exact) mass is 411 g/mol. The molecule has 0 radical (unpaired) electrons. The van der Waals surface area contributed by atoms with Crippen LogP contribution in [0.5, 0.6) is 0 Å². The zero-order valence-electron chi connectivity index (χ0n) is 15.8. The molecule has 3 fully saturated rings. The molecule has 1 unspecified atom stereocenters. The molecule has 1 aromatic rings. The van der Waals surface area contributed by atoms with E-state index in [1.807, 2.05) is 12.1 Å². The summed E-state index contributed by atoms with van der Waals surface area (Å²) in [6.07, 6.45) is 3.18. The van der Waals surface area contributed by atoms with Gasteiger partial charge in [0.15, 0.2) is 0 Å². The molecule has 1 aromatic carbocycles. The molecule has 27 heavy (non-hydrogen) atoms. The van der Waals surface area contributed by atoms with Gasteiger partial charge in [-0.05, 0) is 48.0 Å². The lowest BCUT2D eigenvalue weighted by atomic mass is 9.59. The van der Waals surface area contributed by atoms with Gasteiger partial charge in [0.2, 0.25) is 5.91 Å². The molecule has 1 saturated heterocycles. The summed E-state index contributed by atoms with van der Waals surface area (Å²) in [6.45, 7) is 5.06. The first-order chi connectivity index (χ1) is 12.8. The van der Waals surface area contributed by atoms with Crippen molar-refractivity contribution in [2.45, 2.75) is 51.7 Å². The van der Waals surface area contributed by atoms with E-state index in [-0.39, 0.29) is 41.9 Å². The van der Waals surface area contributed by atoms with Crippen LogP contribution in [0.2, 0.25) is 10.0 Å². The van der Waals surface area contributed by atoms with Gasteiger partial charge < -0.3 is 15.2 Å². The number of rotatable bonds is 4. The molecule has 2 N–H and O–H groups in total. The smallest absolute Gasteiger partial charge is 0.222 e. The lowest BCUT2D eigenvalue weighted by molar-refractivity contribution is -0.137. The maximum absolute atomic E-state index is 12.3. The Labute approximate surface area is 170 Å². The van der Waals surface area contributed by atoms with Crippen LogP contribution in [0.4, 0.5) is 0 Å². The minimum Gasteiger partial charge on any atom is -0.396 e. The van der Waals surface area contributed by atoms with Gasteiger partial charge in [0.25, 0.3) is 0 Å². The molecule has 2 saturated carbocycles. The molecule has 1 aliphatic heterocycles. The van der Waals surface area contributed by atoms with Gasteiger partial charge in [-0.3, -0.25) is 4.79 Å². The zero-order chi connectivity index (χ0) is 19.4. The predicted molar refractivity (Wildman–Crippen MR) is 106 cm³/mol. The number of aliphatic hydroxyl groups is 1. The Hall–Kier alpha value is -0.810. The topological polar surface area (TPSA) is 58.6 Å². The first-order valence-electron chi connectivity index (χ1n) is 9.77. The molecule has 3 aliphatic rings. The largest absolute Gasteiger partial charge is 0.396 e. The van der Waals surface area contributed by atoms with Crippen molar-refractivity contribution in [3.63, 3.8) is 0 Å². The maximum Gasteiger partial charge on any atom is 0.222 e. The molecule has 1 heterocycles. The average molecular weight is 412 g/mol. The normalized spacial score (nSPS) is 36.5. The van der Waals surface area contributed by atoms with Gasteiger partial charge in [-0.1, -0.05) is 49.2 Å². The lowest BCUT2D eigenvalue weighted by Gasteiger charge is -2.53. The van der Waals surface area contributed by atoms with Crippen LogP contribution >= 0.6 is 23.2 Å². The van der Waals surface area contributed by atoms with Crippen LogP contribution in [-0.2, 0) is 9.53 Å². The van der Waals surface area contributed by atoms with Gasteiger partial charge in [-0.15, -0.1) is 0 Å². The maximum atomic E-state index is 12.3. The molecule has 6 heteroatoms. The van der Waals surface area contributed by atoms with Crippen LogP contribution < -0.4 is 5.32 Å². The Morgan fingerprint density at radius 1 is 1.37 bits per heavy atom. The van der Waals surface area contributed by atoms with E-state index in [1.54, 1.807) is 6.07 Å². The van der Waals surface area contributed by atoms with Crippen molar-refractivity contribution < 1.29 is 14.6 Å². The number of halogens is 2. The molecular formula is C21H27Cl2NO3. The molecule has 2 aliphatic carbocycles. The summed E-state index contributed by atoms with van der Waals surface area (Å²) in [5, 5.41) is 13.5. The van der Waals surface area contributed by atoms with E-state index in [2.05, 4.69) is 19.2 Å². The minimum absolute atomic E-state index is 0.00778. The number of ether oxygens (including phenoxy) is 1. The average Bonchev–Trinajstić information content (AvgIpc) is 3.11. The Morgan fingerprint density at radius 3 is 2.89 bits per heavy atom. The highest BCUT2D eigenvalue weighted by Gasteiger charge is 2.68. The van der Waals surface area contributed by atoms with Crippen LogP contribution in [0.3, 0.4) is 0 Å². The number of carbonyl (C=O) groups is 1. The number of aliphatic hydroxyl groups excluding tert-OH is 1. The Morgan fingerprint density at radius 2 is 2.15 bits per heavy atom. The van der Waals surface area contributed by atoms with Gasteiger partial charge in [0, 0.05) is 24.6 Å². The number of hydrogen-bond acceptors (Lipinski definition) is 3. The van der Waals surface area contributed by atoms with Gasteiger partial charge in [-0.25, -0.2) is 0 Å². The number of carbonyl (C=O) groups excluding carboxylic acids is 1. The third kappa shape index (κ3) is 2.91. The summed E-state index contributed by atoms with van der Waals surface area (Å²) < 4.78 is 6.23. The number of nitrogens with one attached hydrogen (secondary N) is 1. The lowest BCUT2D eigenvalue weighted by Crippen LogP contribution is -2.59. The Balaban J connectivity index is 1.70. The van der Waals surface area contributed by atoms with E-state index in [1.165, 1.54) is 0 Å². The second-order valence-corrected chi connectivity index (χ2v) is 9.74. The molecule has 4 rings (SSSR count). The van der Waals surface area contributed by atoms with Crippen LogP contribution in [0.1, 0.15) is 51.2 Å². The van der Waals surface area contributed by atoms with Gasteiger partial charge in [0.05, 0.1) is 22.8 Å². The summed E-state index contributed by atoms with van der Waals surface area (Å²) in [5.74, 6) is 0.767. The van der Waals surface area contributed by atoms with Gasteiger partial charge >= 0.3 is 0 Å². The molecular weight excluding hydrogens is 385 g/mol. The summed E-state index contributed by atoms with van der Waals surface area (Å²) >= 11 is 12.8. The van der Waals surface area contributed by atoms with Crippen LogP contribution in [0.25, 0.3) is 0 Å². The fourth-order valence-corrected chi connectivity index (χ4v) is 6.59. The first-order valence-corrected chi connectivity index (χ1v) is 10.5. The third-order valence-corrected chi connectivity index (χ3v) is 8.27. The quantitative estimate of drug-likeness (QED) is 0.772. The molecule has 4 nitrogen and oxygen atoms in total. The second-order valence-electron chi connectivity index (χ2n) is 8.96. The number of amides is 1. The molecule has 2 bridgehead atoms. The van der Waals surface area contributed by atoms with Crippen molar-refractivity contribution in [2.24, 2.45) is 22.7 Å². The highest BCUT2D eigenvalue weighted by Crippen LogP contribution is 2.70. The Kier molecular flexibility index (Phi) is 4.99. The van der Waals surface area contributed by atoms with E-state index in [9.17, 15) is 4.79 Å². The summed E-state index contributed by atoms with van der Waals surface area (Å²) in [7, 11) is 0. The van der Waals surface area contributed by atoms with E-state index in [4.69, 9.17) is 33.0 Å². The van der Waals surface area contributed by atoms with E-state index < -0.39 is 0 Å². The summed E-state index contributed by atoms with van der Waals surface area (Å²) in [4.78, 5) is 12.3. The SMILES string of the molecule is CC1(C)[C@@H]2C[C@@H]3[C@@H](c4cccc(Cl)c4Cl)OCCC3(C2)[C@H]1NC(=O)CCO. The predicted octanol–water partition coefficient (Wildman–Crippen LogP) is 4.37. The number of benzene rings is 1. The van der Waals surface area contributed by atoms with E-state index in [0.29, 0.717) is 28.5 Å². The van der Waals surface area contributed by atoms with Crippen molar-refractivity contribution >= 4 is 29.1 Å². The van der Waals surface area contributed by atoms with Gasteiger partial charge in [0.1, 0.15) is 0 Å². The van der Waals surface area contributed by atoms with Crippen molar-refractivity contribution in [3.05, 3.63) is 33.8 Å². The minimum atomic E-state index is -0.122. The van der Waals surface area contributed by atoms with E-state index >= 15 is 0 Å². The molecule has 0 aromatic heterocycles. The fraction of sp³-hybridized carbons (Fsp3) is 0.667. The summed E-state index contributed by atoms with van der Waals surface area (Å²) in [5.41, 5.74) is 0.995. The van der Waals surface area contributed by atoms with Crippen LogP contribution in [0.15, 0.2) is 18.2 Å².